The molecule has 0 bridgehead atoms. The van der Waals surface area contributed by atoms with Gasteiger partial charge in [0.25, 0.3) is 5.69 Å². The highest BCUT2D eigenvalue weighted by Gasteiger charge is 2.28. The Morgan fingerprint density at radius 3 is 2.26 bits per heavy atom. The smallest absolute Gasteiger partial charge is 0.293 e. The van der Waals surface area contributed by atoms with Crippen LogP contribution in [-0.4, -0.2) is 65.1 Å². The first-order valence-electron chi connectivity index (χ1n) is 10.6. The number of ether oxygens (including phenoxy) is 1. The first-order chi connectivity index (χ1) is 16.0. The molecule has 1 N–H and O–H groups in total. The van der Waals surface area contributed by atoms with Crippen molar-refractivity contribution in [3.8, 4) is 0 Å². The van der Waals surface area contributed by atoms with Crippen LogP contribution >= 0.6 is 0 Å². The number of benzene rings is 2. The molecule has 184 valence electrons. The van der Waals surface area contributed by atoms with Gasteiger partial charge in [0.2, 0.25) is 10.0 Å². The van der Waals surface area contributed by atoms with Gasteiger partial charge in [-0.25, -0.2) is 17.5 Å². The molecule has 3 rings (SSSR count). The minimum atomic E-state index is -3.97. The number of Topliss-reactive ketones (excluding diaryl/α,β-unsaturated/α-hetero) is 1. The van der Waals surface area contributed by atoms with Crippen LogP contribution in [0.3, 0.4) is 0 Å². The molecule has 0 spiro atoms. The number of ketones is 1. The summed E-state index contributed by atoms with van der Waals surface area (Å²) in [6.07, 6.45) is 0. The molecule has 34 heavy (non-hydrogen) atoms. The Morgan fingerprint density at radius 1 is 1.15 bits per heavy atom. The van der Waals surface area contributed by atoms with E-state index in [4.69, 9.17) is 4.74 Å². The lowest BCUT2D eigenvalue weighted by Crippen LogP contribution is -2.47. The van der Waals surface area contributed by atoms with Crippen molar-refractivity contribution >= 4 is 32.9 Å². The quantitative estimate of drug-likeness (QED) is 0.321. The number of halogens is 1. The van der Waals surface area contributed by atoms with Crippen molar-refractivity contribution in [2.24, 2.45) is 0 Å². The predicted molar refractivity (Wildman–Crippen MR) is 126 cm³/mol. The lowest BCUT2D eigenvalue weighted by Gasteiger charge is -2.37. The monoisotopic (exact) mass is 494 g/mol. The number of rotatable bonds is 9. The molecule has 1 heterocycles. The zero-order valence-electron chi connectivity index (χ0n) is 19.2. The number of sulfonamides is 1. The number of hydrogen-bond donors (Lipinski definition) is 1. The van der Waals surface area contributed by atoms with Gasteiger partial charge >= 0.3 is 0 Å². The van der Waals surface area contributed by atoms with Gasteiger partial charge in [-0.15, -0.1) is 0 Å². The summed E-state index contributed by atoms with van der Waals surface area (Å²) >= 11 is 0. The molecule has 0 amide bonds. The van der Waals surface area contributed by atoms with E-state index in [1.54, 1.807) is 24.0 Å². The molecule has 10 nitrogen and oxygen atoms in total. The summed E-state index contributed by atoms with van der Waals surface area (Å²) in [5.41, 5.74) is 0.613. The zero-order valence-corrected chi connectivity index (χ0v) is 20.0. The van der Waals surface area contributed by atoms with E-state index in [0.29, 0.717) is 37.6 Å². The number of nitro benzene ring substituents is 1. The molecule has 1 saturated heterocycles. The highest BCUT2D eigenvalue weighted by atomic mass is 32.2. The Kier molecular flexibility index (Phi) is 7.85. The van der Waals surface area contributed by atoms with Crippen molar-refractivity contribution in [1.82, 2.24) is 4.72 Å². The van der Waals surface area contributed by atoms with Crippen LogP contribution in [0.25, 0.3) is 0 Å². The summed E-state index contributed by atoms with van der Waals surface area (Å²) in [6, 6.07) is 7.62. The van der Waals surface area contributed by atoms with Crippen molar-refractivity contribution in [1.29, 1.82) is 0 Å². The Hall–Kier alpha value is -3.09. The first-order valence-corrected chi connectivity index (χ1v) is 12.1. The zero-order chi connectivity index (χ0) is 25.0. The number of anilines is 2. The van der Waals surface area contributed by atoms with Gasteiger partial charge in [0, 0.05) is 51.0 Å². The van der Waals surface area contributed by atoms with Crippen molar-refractivity contribution in [2.75, 3.05) is 49.7 Å². The van der Waals surface area contributed by atoms with E-state index in [2.05, 4.69) is 4.72 Å². The third kappa shape index (κ3) is 5.69. The fraction of sp³-hybridized carbons (Fsp3) is 0.409. The van der Waals surface area contributed by atoms with E-state index in [1.807, 2.05) is 4.90 Å². The number of nitrogens with one attached hydrogen (secondary N) is 1. The lowest BCUT2D eigenvalue weighted by molar-refractivity contribution is -0.384. The highest BCUT2D eigenvalue weighted by Crippen LogP contribution is 2.32. The molecule has 1 atom stereocenters. The highest BCUT2D eigenvalue weighted by molar-refractivity contribution is 7.89. The number of methoxy groups -OCH3 is 1. The molecule has 12 heteroatoms. The summed E-state index contributed by atoms with van der Waals surface area (Å²) in [5, 5.41) is 11.7. The largest absolute Gasteiger partial charge is 0.383 e. The average Bonchev–Trinajstić information content (AvgIpc) is 2.78. The van der Waals surface area contributed by atoms with Crippen LogP contribution in [-0.2, 0) is 14.8 Å². The van der Waals surface area contributed by atoms with Crippen molar-refractivity contribution in [3.05, 3.63) is 57.9 Å². The van der Waals surface area contributed by atoms with Gasteiger partial charge in [0.15, 0.2) is 5.78 Å². The van der Waals surface area contributed by atoms with Crippen LogP contribution in [0.4, 0.5) is 21.5 Å². The second-order valence-corrected chi connectivity index (χ2v) is 9.80. The number of hydrogen-bond acceptors (Lipinski definition) is 8. The maximum atomic E-state index is 14.5. The molecule has 1 fully saturated rings. The number of piperazine rings is 1. The van der Waals surface area contributed by atoms with E-state index in [9.17, 15) is 27.7 Å². The van der Waals surface area contributed by atoms with Crippen LogP contribution in [0.1, 0.15) is 24.2 Å². The molecular formula is C22H27FN4O6S. The molecule has 0 aromatic heterocycles. The molecule has 1 aliphatic heterocycles. The van der Waals surface area contributed by atoms with E-state index in [0.717, 1.165) is 6.07 Å². The maximum Gasteiger partial charge on any atom is 0.293 e. The van der Waals surface area contributed by atoms with Crippen LogP contribution in [0.5, 0.6) is 0 Å². The van der Waals surface area contributed by atoms with Crippen LogP contribution < -0.4 is 14.5 Å². The molecule has 0 radical (unpaired) electrons. The third-order valence-corrected chi connectivity index (χ3v) is 7.13. The van der Waals surface area contributed by atoms with E-state index < -0.39 is 26.8 Å². The molecule has 0 aliphatic carbocycles. The molecule has 2 aromatic rings. The summed E-state index contributed by atoms with van der Waals surface area (Å²) in [6.45, 7) is 4.66. The summed E-state index contributed by atoms with van der Waals surface area (Å²) in [7, 11) is -2.53. The fourth-order valence-electron chi connectivity index (χ4n) is 3.87. The van der Waals surface area contributed by atoms with Crippen molar-refractivity contribution < 1.29 is 27.3 Å². The van der Waals surface area contributed by atoms with Gasteiger partial charge in [-0.3, -0.25) is 14.9 Å². The standard InChI is InChI=1S/C22H27FN4O6S/c1-15(14-33-3)24-34(31,32)18-5-7-21(22(13-18)27(29)30)26-10-8-25(9-11-26)20-6-4-17(16(2)28)12-19(20)23/h4-7,12-13,15,24H,8-11,14H2,1-3H3/t15-/m0/s1. The second kappa shape index (κ2) is 10.5. The van der Waals surface area contributed by atoms with Gasteiger partial charge in [0.1, 0.15) is 11.5 Å². The van der Waals surface area contributed by atoms with Crippen LogP contribution in [0.2, 0.25) is 0 Å². The first kappa shape index (κ1) is 25.5. The maximum absolute atomic E-state index is 14.5. The van der Waals surface area contributed by atoms with Gasteiger partial charge in [-0.2, -0.15) is 0 Å². The van der Waals surface area contributed by atoms with E-state index >= 15 is 0 Å². The molecule has 0 unspecified atom stereocenters. The summed E-state index contributed by atoms with van der Waals surface area (Å²) in [5.74, 6) is -0.728. The minimum Gasteiger partial charge on any atom is -0.383 e. The van der Waals surface area contributed by atoms with Gasteiger partial charge < -0.3 is 14.5 Å². The summed E-state index contributed by atoms with van der Waals surface area (Å²) in [4.78, 5) is 25.9. The second-order valence-electron chi connectivity index (χ2n) is 8.08. The Bertz CT molecular complexity index is 1180. The fourth-order valence-corrected chi connectivity index (χ4v) is 5.12. The normalized spacial score (nSPS) is 15.3. The predicted octanol–water partition coefficient (Wildman–Crippen LogP) is 2.58. The van der Waals surface area contributed by atoms with Gasteiger partial charge in [-0.05, 0) is 44.2 Å². The van der Waals surface area contributed by atoms with Crippen LogP contribution in [0, 0.1) is 15.9 Å². The Morgan fingerprint density at radius 2 is 1.74 bits per heavy atom. The Labute approximate surface area is 197 Å². The Balaban J connectivity index is 1.78. The number of carbonyl (C=O) groups excluding carboxylic acids is 1. The average molecular weight is 495 g/mol. The number of carbonyl (C=O) groups is 1. The topological polar surface area (TPSA) is 122 Å². The minimum absolute atomic E-state index is 0.155. The molecule has 0 saturated carbocycles. The molecular weight excluding hydrogens is 467 g/mol. The SMILES string of the molecule is COC[C@H](C)NS(=O)(=O)c1ccc(N2CCN(c3ccc(C(C)=O)cc3F)CC2)c([N+](=O)[O-])c1. The third-order valence-electron chi connectivity index (χ3n) is 5.54. The van der Waals surface area contributed by atoms with Crippen molar-refractivity contribution in [2.45, 2.75) is 24.8 Å². The number of nitrogens with zero attached hydrogens (tertiary/aromatic N) is 3. The van der Waals surface area contributed by atoms with Crippen LogP contribution in [0.15, 0.2) is 41.3 Å². The van der Waals surface area contributed by atoms with E-state index in [-0.39, 0.29) is 28.5 Å². The van der Waals surface area contributed by atoms with Crippen molar-refractivity contribution in [3.63, 3.8) is 0 Å². The number of nitro groups is 1. The summed E-state index contributed by atoms with van der Waals surface area (Å²) < 4.78 is 47.1. The molecule has 2 aromatic carbocycles. The van der Waals surface area contributed by atoms with E-state index in [1.165, 1.54) is 32.2 Å². The van der Waals surface area contributed by atoms with Gasteiger partial charge in [-0.1, -0.05) is 0 Å². The molecule has 1 aliphatic rings. The van der Waals surface area contributed by atoms with Gasteiger partial charge in [0.05, 0.1) is 22.1 Å². The lowest BCUT2D eigenvalue weighted by atomic mass is 10.1.